The summed E-state index contributed by atoms with van der Waals surface area (Å²) in [5.41, 5.74) is 0.963. The highest BCUT2D eigenvalue weighted by Crippen LogP contribution is 2.30. The Morgan fingerprint density at radius 3 is 2.71 bits per heavy atom. The van der Waals surface area contributed by atoms with Crippen LogP contribution in [0.2, 0.25) is 0 Å². The van der Waals surface area contributed by atoms with E-state index in [-0.39, 0.29) is 24.5 Å². The number of oxime groups is 1. The largest absolute Gasteiger partial charge is 0.386 e. The van der Waals surface area contributed by atoms with Crippen molar-refractivity contribution in [3.8, 4) is 0 Å². The molecule has 5 nitrogen and oxygen atoms in total. The van der Waals surface area contributed by atoms with Crippen LogP contribution in [0.1, 0.15) is 41.9 Å². The summed E-state index contributed by atoms with van der Waals surface area (Å²) in [7, 11) is 0. The van der Waals surface area contributed by atoms with Gasteiger partial charge >= 0.3 is 0 Å². The van der Waals surface area contributed by atoms with Gasteiger partial charge < -0.3 is 9.74 Å². The molecule has 28 heavy (non-hydrogen) atoms. The molecule has 2 heterocycles. The number of benzene rings is 1. The topological polar surface area (TPSA) is 54.8 Å². The summed E-state index contributed by atoms with van der Waals surface area (Å²) in [4.78, 5) is 23.4. The van der Waals surface area contributed by atoms with Crippen molar-refractivity contribution < 1.29 is 18.4 Å². The van der Waals surface area contributed by atoms with Gasteiger partial charge in [0.25, 0.3) is 5.91 Å². The van der Waals surface area contributed by atoms with Gasteiger partial charge in [-0.3, -0.25) is 4.79 Å². The van der Waals surface area contributed by atoms with Crippen molar-refractivity contribution in [1.29, 1.82) is 0 Å². The van der Waals surface area contributed by atoms with Crippen LogP contribution >= 0.6 is 11.3 Å². The molecule has 1 aliphatic heterocycles. The Hall–Kier alpha value is -2.35. The van der Waals surface area contributed by atoms with Crippen LogP contribution in [0.25, 0.3) is 0 Å². The number of halogens is 2. The summed E-state index contributed by atoms with van der Waals surface area (Å²) in [6.07, 6.45) is 3.98. The van der Waals surface area contributed by atoms with Crippen LogP contribution in [-0.2, 0) is 22.5 Å². The highest BCUT2D eigenvalue weighted by Gasteiger charge is 2.26. The van der Waals surface area contributed by atoms with Crippen molar-refractivity contribution in [2.75, 3.05) is 19.7 Å². The molecule has 0 radical (unpaired) electrons. The first-order valence-corrected chi connectivity index (χ1v) is 10.2. The molecular formula is C20H23F2N3O2S. The van der Waals surface area contributed by atoms with Gasteiger partial charge in [0.1, 0.15) is 11.6 Å². The molecule has 1 amide bonds. The molecule has 1 saturated heterocycles. The first kappa shape index (κ1) is 20.4. The summed E-state index contributed by atoms with van der Waals surface area (Å²) < 4.78 is 27.5. The normalized spacial score (nSPS) is 15.3. The van der Waals surface area contributed by atoms with Gasteiger partial charge in [0, 0.05) is 36.2 Å². The first-order valence-electron chi connectivity index (χ1n) is 9.33. The average molecular weight is 407 g/mol. The van der Waals surface area contributed by atoms with Gasteiger partial charge in [0.15, 0.2) is 6.61 Å². The molecule has 0 atom stereocenters. The van der Waals surface area contributed by atoms with Crippen LogP contribution in [0.15, 0.2) is 28.7 Å². The fourth-order valence-electron chi connectivity index (χ4n) is 3.28. The molecule has 0 aliphatic carbocycles. The van der Waals surface area contributed by atoms with E-state index in [1.54, 1.807) is 23.2 Å². The van der Waals surface area contributed by atoms with Crippen LogP contribution in [0.3, 0.4) is 0 Å². The highest BCUT2D eigenvalue weighted by atomic mass is 32.1. The molecule has 0 saturated carbocycles. The van der Waals surface area contributed by atoms with Crippen molar-refractivity contribution in [1.82, 2.24) is 9.88 Å². The van der Waals surface area contributed by atoms with Crippen molar-refractivity contribution in [2.45, 2.75) is 38.5 Å². The molecule has 1 aromatic heterocycles. The van der Waals surface area contributed by atoms with E-state index >= 15 is 0 Å². The maximum atomic E-state index is 13.7. The lowest BCUT2D eigenvalue weighted by molar-refractivity contribution is -0.137. The zero-order valence-electron chi connectivity index (χ0n) is 15.7. The SMILES string of the molecule is C/C=N/OCC(=O)N1CCC(c2nc(CCc3c(F)cccc3F)cs2)CC1. The Balaban J connectivity index is 1.50. The molecule has 0 spiro atoms. The fraction of sp³-hybridized carbons (Fsp3) is 0.450. The molecule has 1 aliphatic rings. The Kier molecular flexibility index (Phi) is 7.08. The smallest absolute Gasteiger partial charge is 0.263 e. The molecule has 0 unspecified atom stereocenters. The predicted octanol–water partition coefficient (Wildman–Crippen LogP) is 3.93. The highest BCUT2D eigenvalue weighted by molar-refractivity contribution is 7.09. The van der Waals surface area contributed by atoms with Crippen LogP contribution in [0.5, 0.6) is 0 Å². The predicted molar refractivity (Wildman–Crippen MR) is 105 cm³/mol. The van der Waals surface area contributed by atoms with Crippen LogP contribution in [0, 0.1) is 11.6 Å². The number of carbonyl (C=O) groups is 1. The zero-order chi connectivity index (χ0) is 19.9. The maximum Gasteiger partial charge on any atom is 0.263 e. The van der Waals surface area contributed by atoms with E-state index in [1.807, 2.05) is 5.38 Å². The van der Waals surface area contributed by atoms with Gasteiger partial charge in [-0.05, 0) is 44.7 Å². The minimum atomic E-state index is -0.513. The van der Waals surface area contributed by atoms with Gasteiger partial charge in [0.2, 0.25) is 0 Å². The summed E-state index contributed by atoms with van der Waals surface area (Å²) in [5.74, 6) is -0.777. The molecule has 1 fully saturated rings. The van der Waals surface area contributed by atoms with Crippen LogP contribution < -0.4 is 0 Å². The van der Waals surface area contributed by atoms with E-state index in [2.05, 4.69) is 10.1 Å². The van der Waals surface area contributed by atoms with Gasteiger partial charge in [-0.1, -0.05) is 11.2 Å². The van der Waals surface area contributed by atoms with E-state index in [0.29, 0.717) is 25.4 Å². The lowest BCUT2D eigenvalue weighted by Crippen LogP contribution is -2.39. The summed E-state index contributed by atoms with van der Waals surface area (Å²) in [5, 5.41) is 6.59. The third kappa shape index (κ3) is 5.13. The lowest BCUT2D eigenvalue weighted by Gasteiger charge is -2.30. The Morgan fingerprint density at radius 1 is 1.32 bits per heavy atom. The average Bonchev–Trinajstić information content (AvgIpc) is 3.17. The number of aryl methyl sites for hydroxylation is 1. The molecule has 3 rings (SSSR count). The van der Waals surface area contributed by atoms with E-state index in [1.165, 1.54) is 24.4 Å². The zero-order valence-corrected chi connectivity index (χ0v) is 16.6. The quantitative estimate of drug-likeness (QED) is 0.516. The Labute approximate surface area is 167 Å². The molecule has 150 valence electrons. The minimum absolute atomic E-state index is 0.0387. The lowest BCUT2D eigenvalue weighted by atomic mass is 9.97. The second-order valence-corrected chi connectivity index (χ2v) is 7.56. The van der Waals surface area contributed by atoms with Crippen LogP contribution in [-0.4, -0.2) is 41.7 Å². The number of hydrogen-bond acceptors (Lipinski definition) is 5. The van der Waals surface area contributed by atoms with Crippen molar-refractivity contribution in [3.05, 3.63) is 51.5 Å². The van der Waals surface area contributed by atoms with E-state index < -0.39 is 11.6 Å². The summed E-state index contributed by atoms with van der Waals surface area (Å²) >= 11 is 1.58. The third-order valence-electron chi connectivity index (χ3n) is 4.83. The Morgan fingerprint density at radius 2 is 2.04 bits per heavy atom. The molecule has 8 heteroatoms. The standard InChI is InChI=1S/C20H23F2N3O2S/c1-2-23-27-12-19(26)25-10-8-14(9-11-25)20-24-15(13-28-20)6-7-16-17(21)4-3-5-18(16)22/h2-5,13-14H,6-12H2,1H3/b23-2+. The van der Waals surface area contributed by atoms with Crippen molar-refractivity contribution in [3.63, 3.8) is 0 Å². The number of aromatic nitrogens is 1. The van der Waals surface area contributed by atoms with Gasteiger partial charge in [-0.25, -0.2) is 13.8 Å². The monoisotopic (exact) mass is 407 g/mol. The molecular weight excluding hydrogens is 384 g/mol. The molecule has 2 aromatic rings. The summed E-state index contributed by atoms with van der Waals surface area (Å²) in [6, 6.07) is 3.93. The first-order chi connectivity index (χ1) is 13.6. The number of nitrogens with zero attached hydrogens (tertiary/aromatic N) is 3. The number of likely N-dealkylation sites (tertiary alicyclic amines) is 1. The number of amides is 1. The van der Waals surface area contributed by atoms with Gasteiger partial charge in [-0.15, -0.1) is 11.3 Å². The number of carbonyl (C=O) groups excluding carboxylic acids is 1. The van der Waals surface area contributed by atoms with Gasteiger partial charge in [0.05, 0.1) is 10.7 Å². The maximum absolute atomic E-state index is 13.7. The number of hydrogen-bond donors (Lipinski definition) is 0. The third-order valence-corrected chi connectivity index (χ3v) is 5.88. The van der Waals surface area contributed by atoms with Crippen molar-refractivity contribution in [2.24, 2.45) is 5.16 Å². The number of thiazole rings is 1. The molecule has 1 aromatic carbocycles. The Bertz CT molecular complexity index is 812. The number of rotatable bonds is 7. The van der Waals surface area contributed by atoms with E-state index in [4.69, 9.17) is 4.84 Å². The minimum Gasteiger partial charge on any atom is -0.386 e. The fourth-order valence-corrected chi connectivity index (χ4v) is 4.31. The van der Waals surface area contributed by atoms with E-state index in [0.717, 1.165) is 23.5 Å². The molecule has 0 N–H and O–H groups in total. The summed E-state index contributed by atoms with van der Waals surface area (Å²) in [6.45, 7) is 3.02. The second kappa shape index (κ2) is 9.73. The van der Waals surface area contributed by atoms with Crippen molar-refractivity contribution >= 4 is 23.5 Å². The number of piperidine rings is 1. The second-order valence-electron chi connectivity index (χ2n) is 6.67. The van der Waals surface area contributed by atoms with Crippen LogP contribution in [0.4, 0.5) is 8.78 Å². The molecule has 0 bridgehead atoms. The van der Waals surface area contributed by atoms with Gasteiger partial charge in [-0.2, -0.15) is 0 Å². The van der Waals surface area contributed by atoms with E-state index in [9.17, 15) is 13.6 Å².